The molecule has 0 spiro atoms. The van der Waals surface area contributed by atoms with Crippen LogP contribution in [0.1, 0.15) is 43.9 Å². The van der Waals surface area contributed by atoms with E-state index in [0.29, 0.717) is 30.4 Å². The van der Waals surface area contributed by atoms with Crippen LogP contribution in [0.4, 0.5) is 0 Å². The Morgan fingerprint density at radius 1 is 1.03 bits per heavy atom. The molecule has 0 atom stereocenters. The molecule has 0 aliphatic carbocycles. The Kier molecular flexibility index (Phi) is 7.98. The molecule has 1 aromatic carbocycles. The Hall–Kier alpha value is -3.22. The van der Waals surface area contributed by atoms with Crippen molar-refractivity contribution in [2.45, 2.75) is 40.7 Å². The van der Waals surface area contributed by atoms with Crippen LogP contribution in [0, 0.1) is 11.8 Å². The zero-order valence-corrected chi connectivity index (χ0v) is 19.4. The van der Waals surface area contributed by atoms with E-state index in [9.17, 15) is 9.59 Å². The molecule has 0 saturated carbocycles. The molecule has 3 rings (SSSR count). The van der Waals surface area contributed by atoms with Crippen molar-refractivity contribution in [3.05, 3.63) is 60.2 Å². The fourth-order valence-corrected chi connectivity index (χ4v) is 3.77. The number of para-hydroxylation sites is 2. The van der Waals surface area contributed by atoms with Gasteiger partial charge < -0.3 is 14.8 Å². The van der Waals surface area contributed by atoms with E-state index in [2.05, 4.69) is 38.0 Å². The quantitative estimate of drug-likeness (QED) is 0.528. The number of carbonyl (C=O) groups is 2. The van der Waals surface area contributed by atoms with Gasteiger partial charge in [-0.3, -0.25) is 14.6 Å². The van der Waals surface area contributed by atoms with Crippen molar-refractivity contribution in [2.75, 3.05) is 19.6 Å². The van der Waals surface area contributed by atoms with Crippen LogP contribution in [0.5, 0.6) is 0 Å². The van der Waals surface area contributed by atoms with Crippen LogP contribution >= 0.6 is 0 Å². The molecule has 1 N–H and O–H groups in total. The van der Waals surface area contributed by atoms with Crippen molar-refractivity contribution in [1.82, 2.24) is 24.8 Å². The first-order valence-corrected chi connectivity index (χ1v) is 11.2. The molecule has 0 saturated heterocycles. The molecule has 0 unspecified atom stereocenters. The lowest BCUT2D eigenvalue weighted by Crippen LogP contribution is -2.39. The highest BCUT2D eigenvalue weighted by Gasteiger charge is 2.20. The van der Waals surface area contributed by atoms with Crippen LogP contribution in [0.2, 0.25) is 0 Å². The van der Waals surface area contributed by atoms with Crippen molar-refractivity contribution in [3.8, 4) is 0 Å². The number of imidazole rings is 1. The van der Waals surface area contributed by atoms with E-state index in [0.717, 1.165) is 29.9 Å². The fourth-order valence-electron chi connectivity index (χ4n) is 3.77. The zero-order valence-electron chi connectivity index (χ0n) is 19.4. The molecule has 0 aliphatic rings. The molecule has 7 heteroatoms. The highest BCUT2D eigenvalue weighted by molar-refractivity contribution is 5.93. The molecular weight excluding hydrogens is 402 g/mol. The number of hydrogen-bond acceptors (Lipinski definition) is 4. The number of aromatic nitrogens is 3. The summed E-state index contributed by atoms with van der Waals surface area (Å²) in [7, 11) is 0. The third-order valence-electron chi connectivity index (χ3n) is 5.11. The minimum atomic E-state index is -0.170. The molecule has 170 valence electrons. The van der Waals surface area contributed by atoms with Gasteiger partial charge in [0.15, 0.2) is 0 Å². The van der Waals surface area contributed by atoms with Crippen LogP contribution in [0.15, 0.2) is 48.8 Å². The molecule has 7 nitrogen and oxygen atoms in total. The highest BCUT2D eigenvalue weighted by atomic mass is 16.2. The summed E-state index contributed by atoms with van der Waals surface area (Å²) in [5.41, 5.74) is 2.31. The predicted octanol–water partition coefficient (Wildman–Crippen LogP) is 3.54. The first-order chi connectivity index (χ1) is 15.3. The number of amides is 2. The molecule has 2 aromatic heterocycles. The minimum Gasteiger partial charge on any atom is -0.352 e. The summed E-state index contributed by atoms with van der Waals surface area (Å²) in [5.74, 6) is 1.52. The van der Waals surface area contributed by atoms with Gasteiger partial charge in [-0.05, 0) is 36.1 Å². The SMILES string of the molecule is CC(C)CN(CC(C)C)C(=O)Cn1c(CCNC(=O)c2cccnc2)nc2ccccc21. The third-order valence-corrected chi connectivity index (χ3v) is 5.11. The lowest BCUT2D eigenvalue weighted by atomic mass is 10.1. The van der Waals surface area contributed by atoms with Gasteiger partial charge in [-0.15, -0.1) is 0 Å². The normalized spacial score (nSPS) is 11.3. The molecule has 2 amide bonds. The van der Waals surface area contributed by atoms with Crippen molar-refractivity contribution in [3.63, 3.8) is 0 Å². The Bertz CT molecular complexity index is 1030. The first-order valence-electron chi connectivity index (χ1n) is 11.2. The number of hydrogen-bond donors (Lipinski definition) is 1. The van der Waals surface area contributed by atoms with Gasteiger partial charge in [-0.25, -0.2) is 4.98 Å². The van der Waals surface area contributed by atoms with E-state index in [1.54, 1.807) is 24.5 Å². The van der Waals surface area contributed by atoms with E-state index in [1.165, 1.54) is 0 Å². The summed E-state index contributed by atoms with van der Waals surface area (Å²) in [4.78, 5) is 36.3. The van der Waals surface area contributed by atoms with Gasteiger partial charge in [0, 0.05) is 38.4 Å². The summed E-state index contributed by atoms with van der Waals surface area (Å²) < 4.78 is 1.99. The van der Waals surface area contributed by atoms with Crippen LogP contribution in [-0.4, -0.2) is 50.9 Å². The van der Waals surface area contributed by atoms with Crippen LogP contribution in [0.3, 0.4) is 0 Å². The second kappa shape index (κ2) is 10.9. The van der Waals surface area contributed by atoms with Crippen LogP contribution in [0.25, 0.3) is 11.0 Å². The Balaban J connectivity index is 1.76. The maximum absolute atomic E-state index is 13.2. The summed E-state index contributed by atoms with van der Waals surface area (Å²) in [6, 6.07) is 11.3. The Labute approximate surface area is 189 Å². The van der Waals surface area contributed by atoms with Crippen LogP contribution < -0.4 is 5.32 Å². The summed E-state index contributed by atoms with van der Waals surface area (Å²) in [6.07, 6.45) is 3.71. The lowest BCUT2D eigenvalue weighted by molar-refractivity contribution is -0.132. The van der Waals surface area contributed by atoms with Crippen LogP contribution in [-0.2, 0) is 17.8 Å². The third kappa shape index (κ3) is 6.15. The molecule has 3 aromatic rings. The summed E-state index contributed by atoms with van der Waals surface area (Å²) in [6.45, 7) is 10.7. The maximum atomic E-state index is 13.2. The van der Waals surface area contributed by atoms with Crippen molar-refractivity contribution in [1.29, 1.82) is 0 Å². The molecule has 0 bridgehead atoms. The topological polar surface area (TPSA) is 80.1 Å². The number of pyridine rings is 1. The van der Waals surface area contributed by atoms with E-state index in [-0.39, 0.29) is 18.4 Å². The zero-order chi connectivity index (χ0) is 23.1. The summed E-state index contributed by atoms with van der Waals surface area (Å²) >= 11 is 0. The largest absolute Gasteiger partial charge is 0.352 e. The average Bonchev–Trinajstić information content (AvgIpc) is 3.10. The first kappa shape index (κ1) is 23.4. The van der Waals surface area contributed by atoms with Gasteiger partial charge in [0.1, 0.15) is 12.4 Å². The number of benzene rings is 1. The number of fused-ring (bicyclic) bond motifs is 1. The Morgan fingerprint density at radius 2 is 1.75 bits per heavy atom. The van der Waals surface area contributed by atoms with Gasteiger partial charge in [0.2, 0.25) is 5.91 Å². The van der Waals surface area contributed by atoms with E-state index >= 15 is 0 Å². The molecular formula is C25H33N5O2. The predicted molar refractivity (Wildman–Crippen MR) is 126 cm³/mol. The average molecular weight is 436 g/mol. The number of nitrogens with one attached hydrogen (secondary N) is 1. The second-order valence-corrected chi connectivity index (χ2v) is 8.94. The smallest absolute Gasteiger partial charge is 0.252 e. The fraction of sp³-hybridized carbons (Fsp3) is 0.440. The molecule has 2 heterocycles. The molecule has 32 heavy (non-hydrogen) atoms. The maximum Gasteiger partial charge on any atom is 0.252 e. The molecule has 0 fully saturated rings. The number of rotatable bonds is 10. The second-order valence-electron chi connectivity index (χ2n) is 8.94. The monoisotopic (exact) mass is 435 g/mol. The van der Waals surface area contributed by atoms with Crippen molar-refractivity contribution in [2.24, 2.45) is 11.8 Å². The minimum absolute atomic E-state index is 0.0937. The van der Waals surface area contributed by atoms with E-state index < -0.39 is 0 Å². The number of carbonyl (C=O) groups excluding carboxylic acids is 2. The molecule has 0 aliphatic heterocycles. The Morgan fingerprint density at radius 3 is 2.41 bits per heavy atom. The van der Waals surface area contributed by atoms with Gasteiger partial charge in [-0.1, -0.05) is 39.8 Å². The van der Waals surface area contributed by atoms with Gasteiger partial charge in [-0.2, -0.15) is 0 Å². The van der Waals surface area contributed by atoms with Gasteiger partial charge in [0.25, 0.3) is 5.91 Å². The highest BCUT2D eigenvalue weighted by Crippen LogP contribution is 2.17. The van der Waals surface area contributed by atoms with Crippen molar-refractivity contribution < 1.29 is 9.59 Å². The standard InChI is InChI=1S/C25H33N5O2/c1-18(2)15-29(16-19(3)4)24(31)17-30-22-10-6-5-9-21(22)28-23(30)11-13-27-25(32)20-8-7-12-26-14-20/h5-10,12,14,18-19H,11,13,15-17H2,1-4H3,(H,27,32). The van der Waals surface area contributed by atoms with Crippen molar-refractivity contribution >= 4 is 22.8 Å². The number of nitrogens with zero attached hydrogens (tertiary/aromatic N) is 4. The summed E-state index contributed by atoms with van der Waals surface area (Å²) in [5, 5.41) is 2.92. The van der Waals surface area contributed by atoms with E-state index in [4.69, 9.17) is 4.98 Å². The van der Waals surface area contributed by atoms with Gasteiger partial charge in [0.05, 0.1) is 16.6 Å². The van der Waals surface area contributed by atoms with E-state index in [1.807, 2.05) is 33.7 Å². The van der Waals surface area contributed by atoms with Gasteiger partial charge >= 0.3 is 0 Å². The lowest BCUT2D eigenvalue weighted by Gasteiger charge is -2.27. The molecule has 0 radical (unpaired) electrons.